The van der Waals surface area contributed by atoms with Crippen LogP contribution >= 0.6 is 0 Å². The number of benzene rings is 1. The zero-order valence-corrected chi connectivity index (χ0v) is 9.45. The van der Waals surface area contributed by atoms with E-state index in [2.05, 4.69) is 15.5 Å². The molecule has 1 aromatic carbocycles. The largest absolute Gasteiger partial charge is 0.506 e. The van der Waals surface area contributed by atoms with Gasteiger partial charge in [-0.25, -0.2) is 5.43 Å². The first-order valence-corrected chi connectivity index (χ1v) is 5.29. The van der Waals surface area contributed by atoms with E-state index in [9.17, 15) is 9.90 Å². The lowest BCUT2D eigenvalue weighted by Crippen LogP contribution is -2.17. The van der Waals surface area contributed by atoms with Crippen molar-refractivity contribution in [2.75, 3.05) is 0 Å². The molecule has 0 saturated heterocycles. The average Bonchev–Trinajstić information content (AvgIpc) is 2.42. The highest BCUT2D eigenvalue weighted by Crippen LogP contribution is 2.10. The van der Waals surface area contributed by atoms with E-state index in [-0.39, 0.29) is 11.7 Å². The van der Waals surface area contributed by atoms with Crippen LogP contribution in [0, 0.1) is 0 Å². The smallest absolute Gasteiger partial charge is 0.271 e. The molecule has 1 amide bonds. The quantitative estimate of drug-likeness (QED) is 0.632. The van der Waals surface area contributed by atoms with Gasteiger partial charge in [-0.3, -0.25) is 9.78 Å². The van der Waals surface area contributed by atoms with Gasteiger partial charge < -0.3 is 5.11 Å². The van der Waals surface area contributed by atoms with Gasteiger partial charge >= 0.3 is 0 Å². The number of carbonyl (C=O) groups is 1. The SMILES string of the molecule is O=C(N/N=C/c1ccncc1O)c1ccccc1. The van der Waals surface area contributed by atoms with Gasteiger partial charge in [0.05, 0.1) is 12.4 Å². The molecule has 0 unspecified atom stereocenters. The fourth-order valence-electron chi connectivity index (χ4n) is 1.32. The fourth-order valence-corrected chi connectivity index (χ4v) is 1.32. The molecular weight excluding hydrogens is 230 g/mol. The molecule has 0 aliphatic carbocycles. The standard InChI is InChI=1S/C13H11N3O2/c17-12-9-14-7-6-11(12)8-15-16-13(18)10-4-2-1-3-5-10/h1-9,17H,(H,16,18)/b15-8+. The van der Waals surface area contributed by atoms with Gasteiger partial charge in [0.2, 0.25) is 0 Å². The molecule has 0 radical (unpaired) electrons. The van der Waals surface area contributed by atoms with Crippen molar-refractivity contribution in [1.29, 1.82) is 0 Å². The van der Waals surface area contributed by atoms with E-state index in [0.717, 1.165) is 0 Å². The topological polar surface area (TPSA) is 74.6 Å². The maximum atomic E-state index is 11.6. The van der Waals surface area contributed by atoms with Crippen LogP contribution in [0.15, 0.2) is 53.9 Å². The van der Waals surface area contributed by atoms with E-state index >= 15 is 0 Å². The summed E-state index contributed by atoms with van der Waals surface area (Å²) in [4.78, 5) is 15.4. The van der Waals surface area contributed by atoms with Crippen LogP contribution < -0.4 is 5.43 Å². The van der Waals surface area contributed by atoms with Crippen LogP contribution in [0.2, 0.25) is 0 Å². The van der Waals surface area contributed by atoms with Gasteiger partial charge in [-0.15, -0.1) is 0 Å². The summed E-state index contributed by atoms with van der Waals surface area (Å²) in [6.45, 7) is 0. The monoisotopic (exact) mass is 241 g/mol. The molecule has 2 rings (SSSR count). The third-order valence-corrected chi connectivity index (χ3v) is 2.24. The summed E-state index contributed by atoms with van der Waals surface area (Å²) in [6, 6.07) is 10.3. The molecule has 5 heteroatoms. The minimum absolute atomic E-state index is 0.00945. The van der Waals surface area contributed by atoms with Crippen molar-refractivity contribution in [3.05, 3.63) is 59.9 Å². The molecular formula is C13H11N3O2. The second kappa shape index (κ2) is 5.58. The molecule has 5 nitrogen and oxygen atoms in total. The first-order valence-electron chi connectivity index (χ1n) is 5.29. The lowest BCUT2D eigenvalue weighted by Gasteiger charge is -1.99. The van der Waals surface area contributed by atoms with Crippen molar-refractivity contribution in [2.45, 2.75) is 0 Å². The predicted octanol–water partition coefficient (Wildman–Crippen LogP) is 1.55. The van der Waals surface area contributed by atoms with E-state index in [1.54, 1.807) is 30.3 Å². The van der Waals surface area contributed by atoms with Crippen LogP contribution in [0.3, 0.4) is 0 Å². The maximum Gasteiger partial charge on any atom is 0.271 e. The van der Waals surface area contributed by atoms with Crippen LogP contribution in [0.1, 0.15) is 15.9 Å². The molecule has 0 saturated carbocycles. The summed E-state index contributed by atoms with van der Waals surface area (Å²) in [5.74, 6) is -0.296. The first-order chi connectivity index (χ1) is 8.77. The highest BCUT2D eigenvalue weighted by molar-refractivity contribution is 5.95. The number of hydrogen-bond donors (Lipinski definition) is 2. The number of amides is 1. The summed E-state index contributed by atoms with van der Waals surface area (Å²) < 4.78 is 0. The maximum absolute atomic E-state index is 11.6. The normalized spacial score (nSPS) is 10.4. The highest BCUT2D eigenvalue weighted by atomic mass is 16.3. The highest BCUT2D eigenvalue weighted by Gasteiger charge is 2.02. The van der Waals surface area contributed by atoms with Crippen molar-refractivity contribution < 1.29 is 9.90 Å². The number of nitrogens with one attached hydrogen (secondary N) is 1. The minimum Gasteiger partial charge on any atom is -0.506 e. The van der Waals surface area contributed by atoms with Crippen LogP contribution in [0.5, 0.6) is 5.75 Å². The Kier molecular flexibility index (Phi) is 3.66. The van der Waals surface area contributed by atoms with Gasteiger partial charge in [0, 0.05) is 17.3 Å². The lowest BCUT2D eigenvalue weighted by atomic mass is 10.2. The molecule has 1 aromatic heterocycles. The number of carbonyl (C=O) groups excluding carboxylic acids is 1. The van der Waals surface area contributed by atoms with Gasteiger partial charge in [0.25, 0.3) is 5.91 Å². The number of rotatable bonds is 3. The Morgan fingerprint density at radius 2 is 2.06 bits per heavy atom. The molecule has 90 valence electrons. The van der Waals surface area contributed by atoms with Gasteiger partial charge in [0.1, 0.15) is 5.75 Å². The van der Waals surface area contributed by atoms with E-state index in [4.69, 9.17) is 0 Å². The van der Waals surface area contributed by atoms with Crippen molar-refractivity contribution in [1.82, 2.24) is 10.4 Å². The van der Waals surface area contributed by atoms with Gasteiger partial charge in [-0.1, -0.05) is 18.2 Å². The summed E-state index contributed by atoms with van der Waals surface area (Å²) in [5, 5.41) is 13.2. The molecule has 0 atom stereocenters. The van der Waals surface area contributed by atoms with Crippen LogP contribution in [-0.4, -0.2) is 22.2 Å². The Morgan fingerprint density at radius 3 is 2.78 bits per heavy atom. The van der Waals surface area contributed by atoms with Gasteiger partial charge in [-0.2, -0.15) is 5.10 Å². The first kappa shape index (κ1) is 11.8. The number of aromatic hydroxyl groups is 1. The Labute approximate surface area is 104 Å². The number of nitrogens with zero attached hydrogens (tertiary/aromatic N) is 2. The van der Waals surface area contributed by atoms with Crippen molar-refractivity contribution >= 4 is 12.1 Å². The molecule has 18 heavy (non-hydrogen) atoms. The number of aromatic nitrogens is 1. The molecule has 2 aromatic rings. The molecule has 0 bridgehead atoms. The molecule has 0 aliphatic heterocycles. The molecule has 0 fully saturated rings. The molecule has 1 heterocycles. The third kappa shape index (κ3) is 2.91. The number of hydrogen-bond acceptors (Lipinski definition) is 4. The lowest BCUT2D eigenvalue weighted by molar-refractivity contribution is 0.0955. The van der Waals surface area contributed by atoms with Gasteiger partial charge in [-0.05, 0) is 18.2 Å². The minimum atomic E-state index is -0.305. The second-order valence-electron chi connectivity index (χ2n) is 3.50. The zero-order chi connectivity index (χ0) is 12.8. The Hall–Kier alpha value is -2.69. The Balaban J connectivity index is 2.00. The van der Waals surface area contributed by atoms with E-state index in [1.807, 2.05) is 6.07 Å². The Bertz CT molecular complexity index is 567. The molecule has 2 N–H and O–H groups in total. The van der Waals surface area contributed by atoms with Crippen LogP contribution in [0.25, 0.3) is 0 Å². The van der Waals surface area contributed by atoms with Crippen LogP contribution in [0.4, 0.5) is 0 Å². The second-order valence-corrected chi connectivity index (χ2v) is 3.50. The summed E-state index contributed by atoms with van der Waals surface area (Å²) in [5.41, 5.74) is 3.38. The summed E-state index contributed by atoms with van der Waals surface area (Å²) in [6.07, 6.45) is 4.19. The van der Waals surface area contributed by atoms with Crippen LogP contribution in [-0.2, 0) is 0 Å². The molecule has 0 spiro atoms. The number of pyridine rings is 1. The van der Waals surface area contributed by atoms with E-state index < -0.39 is 0 Å². The molecule has 0 aliphatic rings. The summed E-state index contributed by atoms with van der Waals surface area (Å²) in [7, 11) is 0. The summed E-state index contributed by atoms with van der Waals surface area (Å²) >= 11 is 0. The average molecular weight is 241 g/mol. The van der Waals surface area contributed by atoms with Gasteiger partial charge in [0.15, 0.2) is 0 Å². The fraction of sp³-hybridized carbons (Fsp3) is 0. The van der Waals surface area contributed by atoms with Crippen molar-refractivity contribution in [2.24, 2.45) is 5.10 Å². The van der Waals surface area contributed by atoms with E-state index in [0.29, 0.717) is 11.1 Å². The Morgan fingerprint density at radius 1 is 1.28 bits per heavy atom. The predicted molar refractivity (Wildman–Crippen MR) is 67.4 cm³/mol. The van der Waals surface area contributed by atoms with E-state index in [1.165, 1.54) is 18.6 Å². The zero-order valence-electron chi connectivity index (χ0n) is 9.45. The van der Waals surface area contributed by atoms with Crippen molar-refractivity contribution in [3.63, 3.8) is 0 Å². The number of hydrazone groups is 1. The van der Waals surface area contributed by atoms with Crippen molar-refractivity contribution in [3.8, 4) is 5.75 Å². The third-order valence-electron chi connectivity index (χ3n) is 2.24.